The maximum absolute atomic E-state index is 13.7. The lowest BCUT2D eigenvalue weighted by atomic mass is 10.0. The maximum atomic E-state index is 13.7. The fourth-order valence-corrected chi connectivity index (χ4v) is 1.78. The van der Waals surface area contributed by atoms with Gasteiger partial charge in [-0.15, -0.1) is 0 Å². The summed E-state index contributed by atoms with van der Waals surface area (Å²) in [5.74, 6) is -0.634. The van der Waals surface area contributed by atoms with Gasteiger partial charge in [-0.2, -0.15) is 5.10 Å². The van der Waals surface area contributed by atoms with Crippen LogP contribution in [0.1, 0.15) is 15.9 Å². The molecule has 94 valence electrons. The molecule has 0 atom stereocenters. The van der Waals surface area contributed by atoms with Crippen molar-refractivity contribution in [2.45, 2.75) is 6.42 Å². The number of hydrogen-bond acceptors (Lipinski definition) is 3. The van der Waals surface area contributed by atoms with Gasteiger partial charge in [0.25, 0.3) is 0 Å². The molecular weight excluding hydrogens is 235 g/mol. The number of benzene rings is 1. The second kappa shape index (κ2) is 5.00. The van der Waals surface area contributed by atoms with Crippen LogP contribution in [0.25, 0.3) is 0 Å². The summed E-state index contributed by atoms with van der Waals surface area (Å²) in [6, 6.07) is 4.33. The summed E-state index contributed by atoms with van der Waals surface area (Å²) in [6.45, 7) is 0. The first-order valence-electron chi connectivity index (χ1n) is 5.45. The molecule has 1 aromatic heterocycles. The van der Waals surface area contributed by atoms with Gasteiger partial charge in [-0.3, -0.25) is 9.48 Å². The van der Waals surface area contributed by atoms with E-state index >= 15 is 0 Å². The lowest BCUT2D eigenvalue weighted by Gasteiger charge is -2.07. The molecular formula is C13H13FN2O2. The Balaban J connectivity index is 2.28. The lowest BCUT2D eigenvalue weighted by molar-refractivity contribution is 0.0986. The van der Waals surface area contributed by atoms with E-state index in [-0.39, 0.29) is 23.5 Å². The molecule has 1 heterocycles. The third-order valence-electron chi connectivity index (χ3n) is 2.60. The van der Waals surface area contributed by atoms with E-state index in [9.17, 15) is 9.18 Å². The topological polar surface area (TPSA) is 44.1 Å². The smallest absolute Gasteiger partial charge is 0.174 e. The van der Waals surface area contributed by atoms with Crippen LogP contribution < -0.4 is 4.74 Å². The average molecular weight is 248 g/mol. The molecule has 0 aliphatic heterocycles. The van der Waals surface area contributed by atoms with Crippen molar-refractivity contribution >= 4 is 5.78 Å². The molecule has 5 heteroatoms. The number of methoxy groups -OCH3 is 1. The number of halogens is 1. The van der Waals surface area contributed by atoms with Crippen molar-refractivity contribution in [1.29, 1.82) is 0 Å². The predicted octanol–water partition coefficient (Wildman–Crippen LogP) is 1.99. The number of aryl methyl sites for hydroxylation is 1. The third-order valence-corrected chi connectivity index (χ3v) is 2.60. The highest BCUT2D eigenvalue weighted by molar-refractivity contribution is 6.00. The van der Waals surface area contributed by atoms with Crippen LogP contribution in [-0.4, -0.2) is 22.7 Å². The molecule has 0 unspecified atom stereocenters. The Bertz CT molecular complexity index is 578. The summed E-state index contributed by atoms with van der Waals surface area (Å²) in [6.07, 6.45) is 3.42. The van der Waals surface area contributed by atoms with Gasteiger partial charge in [-0.05, 0) is 17.7 Å². The van der Waals surface area contributed by atoms with Gasteiger partial charge in [0.1, 0.15) is 11.6 Å². The minimum absolute atomic E-state index is 0.0103. The molecule has 0 amide bonds. The Morgan fingerprint density at radius 2 is 2.28 bits per heavy atom. The van der Waals surface area contributed by atoms with Gasteiger partial charge in [-0.25, -0.2) is 4.39 Å². The average Bonchev–Trinajstić information content (AvgIpc) is 2.74. The second-order valence-corrected chi connectivity index (χ2v) is 3.94. The summed E-state index contributed by atoms with van der Waals surface area (Å²) in [5, 5.41) is 3.97. The first kappa shape index (κ1) is 12.3. The Morgan fingerprint density at radius 3 is 2.89 bits per heavy atom. The summed E-state index contributed by atoms with van der Waals surface area (Å²) >= 11 is 0. The lowest BCUT2D eigenvalue weighted by Crippen LogP contribution is -2.08. The van der Waals surface area contributed by atoms with E-state index in [1.807, 2.05) is 0 Å². The largest absolute Gasteiger partial charge is 0.496 e. The number of carbonyl (C=O) groups excluding carboxylic acids is 1. The molecule has 2 rings (SSSR count). The Hall–Kier alpha value is -2.17. The van der Waals surface area contributed by atoms with Gasteiger partial charge >= 0.3 is 0 Å². The third kappa shape index (κ3) is 2.40. The highest BCUT2D eigenvalue weighted by Crippen LogP contribution is 2.22. The number of aromatic nitrogens is 2. The van der Waals surface area contributed by atoms with Gasteiger partial charge in [0.15, 0.2) is 5.78 Å². The van der Waals surface area contributed by atoms with Crippen LogP contribution in [0.3, 0.4) is 0 Å². The Labute approximate surface area is 104 Å². The van der Waals surface area contributed by atoms with Crippen molar-refractivity contribution in [1.82, 2.24) is 9.78 Å². The number of ether oxygens (including phenoxy) is 1. The van der Waals surface area contributed by atoms with Gasteiger partial charge in [-0.1, -0.05) is 6.07 Å². The first-order valence-corrected chi connectivity index (χ1v) is 5.45. The van der Waals surface area contributed by atoms with E-state index in [1.165, 1.54) is 19.2 Å². The SMILES string of the molecule is COc1cccc(F)c1C(=O)Cc1cnn(C)c1. The number of hydrogen-bond donors (Lipinski definition) is 0. The van der Waals surface area contributed by atoms with Crippen LogP contribution in [0.5, 0.6) is 5.75 Å². The van der Waals surface area contributed by atoms with E-state index in [1.54, 1.807) is 30.2 Å². The number of carbonyl (C=O) groups is 1. The maximum Gasteiger partial charge on any atom is 0.174 e. The van der Waals surface area contributed by atoms with Crippen LogP contribution in [0.2, 0.25) is 0 Å². The monoisotopic (exact) mass is 248 g/mol. The van der Waals surface area contributed by atoms with E-state index in [2.05, 4.69) is 5.10 Å². The summed E-state index contributed by atoms with van der Waals surface area (Å²) in [4.78, 5) is 12.1. The van der Waals surface area contributed by atoms with Gasteiger partial charge in [0.2, 0.25) is 0 Å². The molecule has 0 saturated carbocycles. The molecule has 0 spiro atoms. The minimum atomic E-state index is -0.566. The number of Topliss-reactive ketones (excluding diaryl/α,β-unsaturated/α-hetero) is 1. The van der Waals surface area contributed by atoms with Gasteiger partial charge in [0.05, 0.1) is 18.9 Å². The van der Waals surface area contributed by atoms with Crippen LogP contribution >= 0.6 is 0 Å². The van der Waals surface area contributed by atoms with Gasteiger partial charge in [0, 0.05) is 19.7 Å². The molecule has 0 bridgehead atoms. The minimum Gasteiger partial charge on any atom is -0.496 e. The van der Waals surface area contributed by atoms with Crippen molar-refractivity contribution in [2.24, 2.45) is 7.05 Å². The van der Waals surface area contributed by atoms with Crippen LogP contribution in [0, 0.1) is 5.82 Å². The fraction of sp³-hybridized carbons (Fsp3) is 0.231. The van der Waals surface area contributed by atoms with Gasteiger partial charge < -0.3 is 4.74 Å². The summed E-state index contributed by atoms with van der Waals surface area (Å²) < 4.78 is 20.3. The molecule has 1 aromatic carbocycles. The first-order chi connectivity index (χ1) is 8.61. The predicted molar refractivity (Wildman–Crippen MR) is 64.2 cm³/mol. The van der Waals surface area contributed by atoms with Crippen LogP contribution in [0.4, 0.5) is 4.39 Å². The molecule has 2 aromatic rings. The highest BCUT2D eigenvalue weighted by atomic mass is 19.1. The molecule has 0 saturated heterocycles. The molecule has 0 aliphatic carbocycles. The Kier molecular flexibility index (Phi) is 3.41. The van der Waals surface area contributed by atoms with Crippen molar-refractivity contribution in [3.8, 4) is 5.75 Å². The van der Waals surface area contributed by atoms with Crippen molar-refractivity contribution in [2.75, 3.05) is 7.11 Å². The fourth-order valence-electron chi connectivity index (χ4n) is 1.78. The van der Waals surface area contributed by atoms with E-state index in [4.69, 9.17) is 4.74 Å². The van der Waals surface area contributed by atoms with E-state index < -0.39 is 5.82 Å². The zero-order valence-corrected chi connectivity index (χ0v) is 10.2. The molecule has 4 nitrogen and oxygen atoms in total. The van der Waals surface area contributed by atoms with Crippen LogP contribution in [-0.2, 0) is 13.5 Å². The number of rotatable bonds is 4. The highest BCUT2D eigenvalue weighted by Gasteiger charge is 2.18. The zero-order chi connectivity index (χ0) is 13.1. The quantitative estimate of drug-likeness (QED) is 0.777. The Morgan fingerprint density at radius 1 is 1.50 bits per heavy atom. The van der Waals surface area contributed by atoms with Crippen molar-refractivity contribution < 1.29 is 13.9 Å². The molecule has 18 heavy (non-hydrogen) atoms. The van der Waals surface area contributed by atoms with E-state index in [0.717, 1.165) is 5.56 Å². The molecule has 0 radical (unpaired) electrons. The second-order valence-electron chi connectivity index (χ2n) is 3.94. The molecule has 0 N–H and O–H groups in total. The summed E-state index contributed by atoms with van der Waals surface area (Å²) in [5.41, 5.74) is 0.733. The van der Waals surface area contributed by atoms with Crippen molar-refractivity contribution in [3.05, 3.63) is 47.5 Å². The van der Waals surface area contributed by atoms with Crippen molar-refractivity contribution in [3.63, 3.8) is 0 Å². The normalized spacial score (nSPS) is 10.4. The molecule has 0 aliphatic rings. The number of nitrogens with zero attached hydrogens (tertiary/aromatic N) is 2. The van der Waals surface area contributed by atoms with E-state index in [0.29, 0.717) is 0 Å². The number of ketones is 1. The molecule has 0 fully saturated rings. The van der Waals surface area contributed by atoms with Crippen LogP contribution in [0.15, 0.2) is 30.6 Å². The zero-order valence-electron chi connectivity index (χ0n) is 10.2. The summed E-state index contributed by atoms with van der Waals surface area (Å²) in [7, 11) is 3.17. The standard InChI is InChI=1S/C13H13FN2O2/c1-16-8-9(7-15-16)6-11(17)13-10(14)4-3-5-12(13)18-2/h3-5,7-8H,6H2,1-2H3.